The van der Waals surface area contributed by atoms with Crippen molar-refractivity contribution in [1.29, 1.82) is 0 Å². The molecular weight excluding hydrogens is 362 g/mol. The lowest BCUT2D eigenvalue weighted by Crippen LogP contribution is -2.27. The number of aromatic nitrogens is 2. The van der Waals surface area contributed by atoms with Gasteiger partial charge in [-0.25, -0.2) is 8.42 Å². The van der Waals surface area contributed by atoms with E-state index in [1.165, 1.54) is 0 Å². The van der Waals surface area contributed by atoms with Gasteiger partial charge in [-0.3, -0.25) is 9.48 Å². The van der Waals surface area contributed by atoms with Gasteiger partial charge >= 0.3 is 0 Å². The summed E-state index contributed by atoms with van der Waals surface area (Å²) in [5.41, 5.74) is 3.98. The molecule has 0 unspecified atom stereocenters. The van der Waals surface area contributed by atoms with Gasteiger partial charge in [-0.05, 0) is 32.3 Å². The molecule has 0 radical (unpaired) electrons. The lowest BCUT2D eigenvalue weighted by Gasteiger charge is -2.18. The van der Waals surface area contributed by atoms with Crippen LogP contribution >= 0.6 is 0 Å². The molecule has 27 heavy (non-hydrogen) atoms. The molecule has 1 aliphatic rings. The summed E-state index contributed by atoms with van der Waals surface area (Å²) >= 11 is 0. The Morgan fingerprint density at radius 2 is 1.96 bits per heavy atom. The maximum atomic E-state index is 12.5. The van der Waals surface area contributed by atoms with Crippen LogP contribution in [0, 0.1) is 13.8 Å². The Bertz CT molecular complexity index is 919. The lowest BCUT2D eigenvalue weighted by molar-refractivity contribution is -0.130. The fraction of sp³-hybridized carbons (Fsp3) is 0.500. The van der Waals surface area contributed by atoms with Gasteiger partial charge in [0.25, 0.3) is 0 Å². The Balaban J connectivity index is 1.65. The van der Waals surface area contributed by atoms with Crippen LogP contribution in [0.3, 0.4) is 0 Å². The van der Waals surface area contributed by atoms with Gasteiger partial charge in [-0.1, -0.05) is 30.3 Å². The zero-order chi connectivity index (χ0) is 19.6. The number of aryl methyl sites for hydroxylation is 2. The van der Waals surface area contributed by atoms with Gasteiger partial charge in [-0.2, -0.15) is 5.10 Å². The Morgan fingerprint density at radius 1 is 1.26 bits per heavy atom. The van der Waals surface area contributed by atoms with E-state index in [2.05, 4.69) is 5.10 Å². The van der Waals surface area contributed by atoms with E-state index in [-0.39, 0.29) is 23.5 Å². The van der Waals surface area contributed by atoms with Gasteiger partial charge < -0.3 is 4.90 Å². The third-order valence-corrected chi connectivity index (χ3v) is 7.07. The van der Waals surface area contributed by atoms with Gasteiger partial charge in [0.1, 0.15) is 0 Å². The minimum atomic E-state index is -2.96. The minimum Gasteiger partial charge on any atom is -0.341 e. The molecular formula is C20H27N3O3S. The van der Waals surface area contributed by atoms with Gasteiger partial charge in [-0.15, -0.1) is 0 Å². The van der Waals surface area contributed by atoms with Crippen molar-refractivity contribution >= 4 is 15.7 Å². The predicted molar refractivity (Wildman–Crippen MR) is 105 cm³/mol. The standard InChI is InChI=1S/C20H27N3O3S/c1-15-19(16(2)23(21-15)18-11-12-27(25,26)14-18)13-22(3)20(24)10-9-17-7-5-4-6-8-17/h4-8,18H,9-14H2,1-3H3/t18-/m1/s1. The Kier molecular flexibility index (Phi) is 5.69. The fourth-order valence-corrected chi connectivity index (χ4v) is 5.35. The van der Waals surface area contributed by atoms with E-state index in [0.29, 0.717) is 19.4 Å². The normalized spacial score (nSPS) is 18.6. The third kappa shape index (κ3) is 4.58. The Labute approximate surface area is 161 Å². The van der Waals surface area contributed by atoms with Crippen LogP contribution in [0.1, 0.15) is 41.4 Å². The highest BCUT2D eigenvalue weighted by Crippen LogP contribution is 2.27. The number of amides is 1. The molecule has 1 aromatic carbocycles. The van der Waals surface area contributed by atoms with E-state index in [4.69, 9.17) is 0 Å². The van der Waals surface area contributed by atoms with Crippen LogP contribution in [0.25, 0.3) is 0 Å². The summed E-state index contributed by atoms with van der Waals surface area (Å²) in [6.45, 7) is 4.37. The SMILES string of the molecule is Cc1nn([C@@H]2CCS(=O)(=O)C2)c(C)c1CN(C)C(=O)CCc1ccccc1. The third-order valence-electron chi connectivity index (χ3n) is 5.32. The second-order valence-corrected chi connectivity index (χ2v) is 9.61. The molecule has 2 heterocycles. The molecule has 0 saturated carbocycles. The molecule has 146 valence electrons. The van der Waals surface area contributed by atoms with Gasteiger partial charge in [0, 0.05) is 31.3 Å². The summed E-state index contributed by atoms with van der Waals surface area (Å²) < 4.78 is 25.4. The number of sulfone groups is 1. The van der Waals surface area contributed by atoms with Gasteiger partial charge in [0.05, 0.1) is 23.2 Å². The number of carbonyl (C=O) groups excluding carboxylic acids is 1. The second-order valence-electron chi connectivity index (χ2n) is 7.39. The van der Waals surface area contributed by atoms with Crippen LogP contribution < -0.4 is 0 Å². The zero-order valence-electron chi connectivity index (χ0n) is 16.2. The van der Waals surface area contributed by atoms with E-state index in [9.17, 15) is 13.2 Å². The monoisotopic (exact) mass is 389 g/mol. The highest BCUT2D eigenvalue weighted by Gasteiger charge is 2.31. The number of hydrogen-bond donors (Lipinski definition) is 0. The molecule has 1 atom stereocenters. The number of carbonyl (C=O) groups is 1. The molecule has 1 aliphatic heterocycles. The molecule has 2 aromatic rings. The van der Waals surface area contributed by atoms with Crippen LogP contribution in [0.15, 0.2) is 30.3 Å². The Morgan fingerprint density at radius 3 is 2.59 bits per heavy atom. The van der Waals surface area contributed by atoms with Crippen molar-refractivity contribution in [3.63, 3.8) is 0 Å². The van der Waals surface area contributed by atoms with Crippen LogP contribution in [0.4, 0.5) is 0 Å². The molecule has 1 aromatic heterocycles. The summed E-state index contributed by atoms with van der Waals surface area (Å²) in [5, 5.41) is 4.58. The molecule has 0 bridgehead atoms. The van der Waals surface area contributed by atoms with Crippen molar-refractivity contribution in [2.75, 3.05) is 18.6 Å². The largest absolute Gasteiger partial charge is 0.341 e. The molecule has 1 fully saturated rings. The predicted octanol–water partition coefficient (Wildman–Crippen LogP) is 2.45. The summed E-state index contributed by atoms with van der Waals surface area (Å²) in [6.07, 6.45) is 1.80. The highest BCUT2D eigenvalue weighted by atomic mass is 32.2. The average molecular weight is 390 g/mol. The molecule has 7 heteroatoms. The molecule has 0 aliphatic carbocycles. The van der Waals surface area contributed by atoms with Crippen molar-refractivity contribution in [2.24, 2.45) is 0 Å². The fourth-order valence-electron chi connectivity index (χ4n) is 3.66. The number of rotatable bonds is 6. The van der Waals surface area contributed by atoms with E-state index in [1.807, 2.05) is 55.9 Å². The molecule has 1 amide bonds. The zero-order valence-corrected chi connectivity index (χ0v) is 17.0. The summed E-state index contributed by atoms with van der Waals surface area (Å²) in [5.74, 6) is 0.470. The lowest BCUT2D eigenvalue weighted by atomic mass is 10.1. The van der Waals surface area contributed by atoms with Crippen molar-refractivity contribution in [2.45, 2.75) is 45.7 Å². The second kappa shape index (κ2) is 7.84. The first-order valence-electron chi connectivity index (χ1n) is 9.30. The van der Waals surface area contributed by atoms with Crippen LogP contribution in [-0.4, -0.2) is 47.6 Å². The van der Waals surface area contributed by atoms with Gasteiger partial charge in [0.2, 0.25) is 5.91 Å². The first kappa shape index (κ1) is 19.6. The van der Waals surface area contributed by atoms with Gasteiger partial charge in [0.15, 0.2) is 9.84 Å². The molecule has 0 spiro atoms. The number of nitrogens with zero attached hydrogens (tertiary/aromatic N) is 3. The van der Waals surface area contributed by atoms with Crippen LogP contribution in [0.5, 0.6) is 0 Å². The minimum absolute atomic E-state index is 0.0915. The highest BCUT2D eigenvalue weighted by molar-refractivity contribution is 7.91. The van der Waals surface area contributed by atoms with Crippen molar-refractivity contribution in [3.8, 4) is 0 Å². The Hall–Kier alpha value is -2.15. The maximum Gasteiger partial charge on any atom is 0.222 e. The summed E-state index contributed by atoms with van der Waals surface area (Å²) in [7, 11) is -1.15. The molecule has 3 rings (SSSR count). The van der Waals surface area contributed by atoms with E-state index >= 15 is 0 Å². The molecule has 1 saturated heterocycles. The van der Waals surface area contributed by atoms with E-state index < -0.39 is 9.84 Å². The first-order valence-corrected chi connectivity index (χ1v) is 11.1. The number of hydrogen-bond acceptors (Lipinski definition) is 4. The first-order chi connectivity index (χ1) is 12.8. The van der Waals surface area contributed by atoms with Crippen LogP contribution in [-0.2, 0) is 27.6 Å². The van der Waals surface area contributed by atoms with E-state index in [0.717, 1.165) is 28.9 Å². The van der Waals surface area contributed by atoms with Crippen molar-refractivity contribution < 1.29 is 13.2 Å². The van der Waals surface area contributed by atoms with Crippen molar-refractivity contribution in [1.82, 2.24) is 14.7 Å². The van der Waals surface area contributed by atoms with E-state index in [1.54, 1.807) is 4.90 Å². The average Bonchev–Trinajstić information content (AvgIpc) is 3.13. The maximum absolute atomic E-state index is 12.5. The van der Waals surface area contributed by atoms with Crippen LogP contribution in [0.2, 0.25) is 0 Å². The molecule has 0 N–H and O–H groups in total. The topological polar surface area (TPSA) is 72.3 Å². The quantitative estimate of drug-likeness (QED) is 0.761. The smallest absolute Gasteiger partial charge is 0.222 e. The van der Waals surface area contributed by atoms with Crippen molar-refractivity contribution in [3.05, 3.63) is 52.8 Å². The molecule has 6 nitrogen and oxygen atoms in total. The number of benzene rings is 1. The summed E-state index contributed by atoms with van der Waals surface area (Å²) in [6, 6.07) is 9.89. The summed E-state index contributed by atoms with van der Waals surface area (Å²) in [4.78, 5) is 14.2.